The fraction of sp³-hybridized carbons (Fsp3) is 0.400. The molecule has 8 heteroatoms. The van der Waals surface area contributed by atoms with Crippen LogP contribution in [-0.2, 0) is 24.4 Å². The predicted octanol–water partition coefficient (Wildman–Crippen LogP) is 6.78. The Balaban J connectivity index is 1.85. The van der Waals surface area contributed by atoms with E-state index in [9.17, 15) is 0 Å². The Hall–Kier alpha value is -3.29. The summed E-state index contributed by atoms with van der Waals surface area (Å²) in [5.41, 5.74) is 5.05. The van der Waals surface area contributed by atoms with E-state index in [1.165, 1.54) is 0 Å². The van der Waals surface area contributed by atoms with Crippen LogP contribution in [-0.4, -0.2) is 42.0 Å². The van der Waals surface area contributed by atoms with Crippen molar-refractivity contribution in [3.05, 3.63) is 76.2 Å². The number of aryl methyl sites for hydroxylation is 1. The Bertz CT molecular complexity index is 1300. The molecule has 0 aliphatic rings. The highest BCUT2D eigenvalue weighted by atomic mass is 35.5. The maximum absolute atomic E-state index is 6.80. The van der Waals surface area contributed by atoms with Crippen molar-refractivity contribution >= 4 is 28.5 Å². The van der Waals surface area contributed by atoms with Crippen molar-refractivity contribution < 1.29 is 14.2 Å². The van der Waals surface area contributed by atoms with E-state index in [0.29, 0.717) is 38.0 Å². The van der Waals surface area contributed by atoms with Crippen molar-refractivity contribution in [2.75, 3.05) is 32.3 Å². The molecule has 202 valence electrons. The number of ether oxygens (including phenoxy) is 3. The maximum atomic E-state index is 6.80. The average Bonchev–Trinajstić information content (AvgIpc) is 3.31. The minimum atomic E-state index is 0.228. The molecule has 38 heavy (non-hydrogen) atoms. The summed E-state index contributed by atoms with van der Waals surface area (Å²) in [7, 11) is 3.35. The maximum Gasteiger partial charge on any atom is 0.159 e. The molecule has 0 N–H and O–H groups in total. The Morgan fingerprint density at radius 2 is 1.45 bits per heavy atom. The minimum absolute atomic E-state index is 0.228. The Kier molecular flexibility index (Phi) is 9.13. The lowest BCUT2D eigenvalue weighted by atomic mass is 10.1. The SMILES string of the molecule is CCOCCn1c(C(C)C)nc2c(N(Cc3ccc(OC)cc3)Cc3ccc(OC)cc3)nc(Cl)c(C)c21. The van der Waals surface area contributed by atoms with Gasteiger partial charge >= 0.3 is 0 Å². The lowest BCUT2D eigenvalue weighted by molar-refractivity contribution is 0.139. The normalized spacial score (nSPS) is 11.4. The third kappa shape index (κ3) is 6.05. The van der Waals surface area contributed by atoms with Crippen LogP contribution in [0.15, 0.2) is 48.5 Å². The predicted molar refractivity (Wildman–Crippen MR) is 154 cm³/mol. The molecule has 0 spiro atoms. The van der Waals surface area contributed by atoms with E-state index in [1.54, 1.807) is 14.2 Å². The van der Waals surface area contributed by atoms with Crippen LogP contribution in [0.2, 0.25) is 5.15 Å². The van der Waals surface area contributed by atoms with Crippen molar-refractivity contribution in [1.29, 1.82) is 0 Å². The quantitative estimate of drug-likeness (QED) is 0.147. The van der Waals surface area contributed by atoms with E-state index < -0.39 is 0 Å². The summed E-state index contributed by atoms with van der Waals surface area (Å²) in [5, 5.41) is 0.481. The van der Waals surface area contributed by atoms with Gasteiger partial charge in [0.1, 0.15) is 28.0 Å². The second-order valence-electron chi connectivity index (χ2n) is 9.57. The van der Waals surface area contributed by atoms with Gasteiger partial charge in [-0.3, -0.25) is 0 Å². The summed E-state index contributed by atoms with van der Waals surface area (Å²) >= 11 is 6.80. The summed E-state index contributed by atoms with van der Waals surface area (Å²) in [6.45, 7) is 11.6. The van der Waals surface area contributed by atoms with Crippen LogP contribution >= 0.6 is 11.6 Å². The van der Waals surface area contributed by atoms with Crippen LogP contribution in [0.25, 0.3) is 11.0 Å². The average molecular weight is 537 g/mol. The molecule has 0 radical (unpaired) electrons. The first-order valence-corrected chi connectivity index (χ1v) is 13.4. The lowest BCUT2D eigenvalue weighted by Crippen LogP contribution is -2.24. The molecule has 0 unspecified atom stereocenters. The van der Waals surface area contributed by atoms with Gasteiger partial charge < -0.3 is 23.7 Å². The number of pyridine rings is 1. The van der Waals surface area contributed by atoms with E-state index in [2.05, 4.69) is 47.6 Å². The molecule has 0 bridgehead atoms. The van der Waals surface area contributed by atoms with Crippen LogP contribution in [0, 0.1) is 6.92 Å². The summed E-state index contributed by atoms with van der Waals surface area (Å²) in [6.07, 6.45) is 0. The van der Waals surface area contributed by atoms with Gasteiger partial charge in [0, 0.05) is 37.7 Å². The number of hydrogen-bond donors (Lipinski definition) is 0. The zero-order valence-corrected chi connectivity index (χ0v) is 23.9. The number of imidazole rings is 1. The van der Waals surface area contributed by atoms with Gasteiger partial charge in [-0.2, -0.15) is 0 Å². The van der Waals surface area contributed by atoms with E-state index in [1.807, 2.05) is 38.1 Å². The van der Waals surface area contributed by atoms with Gasteiger partial charge in [0.15, 0.2) is 5.82 Å². The number of fused-ring (bicyclic) bond motifs is 1. The first kappa shape index (κ1) is 27.7. The molecule has 0 atom stereocenters. The third-order valence-corrected chi connectivity index (χ3v) is 6.99. The lowest BCUT2D eigenvalue weighted by Gasteiger charge is -2.25. The highest BCUT2D eigenvalue weighted by Crippen LogP contribution is 2.35. The summed E-state index contributed by atoms with van der Waals surface area (Å²) in [5.74, 6) is 3.64. The zero-order valence-electron chi connectivity index (χ0n) is 23.1. The summed E-state index contributed by atoms with van der Waals surface area (Å²) in [4.78, 5) is 12.3. The number of hydrogen-bond acceptors (Lipinski definition) is 6. The fourth-order valence-electron chi connectivity index (χ4n) is 4.63. The molecule has 2 aromatic heterocycles. The van der Waals surface area contributed by atoms with Crippen LogP contribution in [0.3, 0.4) is 0 Å². The van der Waals surface area contributed by atoms with E-state index in [0.717, 1.165) is 50.9 Å². The summed E-state index contributed by atoms with van der Waals surface area (Å²) < 4.78 is 18.7. The van der Waals surface area contributed by atoms with Crippen LogP contribution in [0.4, 0.5) is 5.82 Å². The smallest absolute Gasteiger partial charge is 0.159 e. The number of halogens is 1. The Morgan fingerprint density at radius 1 is 0.895 bits per heavy atom. The highest BCUT2D eigenvalue weighted by Gasteiger charge is 2.24. The van der Waals surface area contributed by atoms with E-state index in [-0.39, 0.29) is 5.92 Å². The van der Waals surface area contributed by atoms with Gasteiger partial charge in [-0.1, -0.05) is 49.7 Å². The minimum Gasteiger partial charge on any atom is -0.497 e. The third-order valence-electron chi connectivity index (χ3n) is 6.62. The molecule has 4 aromatic rings. The number of rotatable bonds is 12. The molecule has 0 aliphatic carbocycles. The molecule has 2 heterocycles. The molecule has 2 aromatic carbocycles. The van der Waals surface area contributed by atoms with Gasteiger partial charge in [0.25, 0.3) is 0 Å². The number of nitrogens with zero attached hydrogens (tertiary/aromatic N) is 4. The second kappa shape index (κ2) is 12.5. The molecule has 0 saturated carbocycles. The molecular formula is C30H37ClN4O3. The Morgan fingerprint density at radius 3 is 1.92 bits per heavy atom. The van der Waals surface area contributed by atoms with Crippen LogP contribution in [0.5, 0.6) is 11.5 Å². The zero-order chi connectivity index (χ0) is 27.2. The number of benzene rings is 2. The summed E-state index contributed by atoms with van der Waals surface area (Å²) in [6, 6.07) is 16.2. The topological polar surface area (TPSA) is 61.6 Å². The van der Waals surface area contributed by atoms with E-state index in [4.69, 9.17) is 35.8 Å². The number of methoxy groups -OCH3 is 2. The van der Waals surface area contributed by atoms with Crippen LogP contribution in [0.1, 0.15) is 49.2 Å². The molecule has 4 rings (SSSR count). The van der Waals surface area contributed by atoms with Gasteiger partial charge in [-0.25, -0.2) is 9.97 Å². The van der Waals surface area contributed by atoms with Gasteiger partial charge in [-0.05, 0) is 49.2 Å². The standard InChI is InChI=1S/C30H37ClN4O3/c1-7-38-17-16-35-27-21(4)28(31)33-30(26(27)32-29(35)20(2)3)34(18-22-8-12-24(36-5)13-9-22)19-23-10-14-25(37-6)15-11-23/h8-15,20H,7,16-19H2,1-6H3. The molecule has 0 aliphatic heterocycles. The van der Waals surface area contributed by atoms with Gasteiger partial charge in [-0.15, -0.1) is 0 Å². The monoisotopic (exact) mass is 536 g/mol. The first-order valence-electron chi connectivity index (χ1n) is 13.0. The van der Waals surface area contributed by atoms with Crippen molar-refractivity contribution in [2.45, 2.75) is 53.2 Å². The van der Waals surface area contributed by atoms with Crippen molar-refractivity contribution in [2.24, 2.45) is 0 Å². The van der Waals surface area contributed by atoms with Gasteiger partial charge in [0.05, 0.1) is 26.3 Å². The van der Waals surface area contributed by atoms with E-state index >= 15 is 0 Å². The molecular weight excluding hydrogens is 500 g/mol. The van der Waals surface area contributed by atoms with Crippen LogP contribution < -0.4 is 14.4 Å². The molecule has 7 nitrogen and oxygen atoms in total. The van der Waals surface area contributed by atoms with Gasteiger partial charge in [0.2, 0.25) is 0 Å². The highest BCUT2D eigenvalue weighted by molar-refractivity contribution is 6.31. The second-order valence-corrected chi connectivity index (χ2v) is 9.93. The molecule has 0 fully saturated rings. The number of anilines is 1. The van der Waals surface area contributed by atoms with Crippen molar-refractivity contribution in [3.8, 4) is 11.5 Å². The van der Waals surface area contributed by atoms with Crippen molar-refractivity contribution in [3.63, 3.8) is 0 Å². The fourth-order valence-corrected chi connectivity index (χ4v) is 4.80. The molecule has 0 amide bonds. The molecule has 0 saturated heterocycles. The Labute approximate surface area is 230 Å². The number of aromatic nitrogens is 3. The largest absolute Gasteiger partial charge is 0.497 e. The first-order chi connectivity index (χ1) is 18.4. The van der Waals surface area contributed by atoms with Crippen molar-refractivity contribution in [1.82, 2.24) is 14.5 Å².